The number of hydrogen-bond acceptors (Lipinski definition) is 4. The lowest BCUT2D eigenvalue weighted by Gasteiger charge is -2.26. The minimum absolute atomic E-state index is 0.406. The molecule has 0 aromatic heterocycles. The minimum Gasteiger partial charge on any atom is -0.491 e. The summed E-state index contributed by atoms with van der Waals surface area (Å²) in [6, 6.07) is 7.59. The summed E-state index contributed by atoms with van der Waals surface area (Å²) in [6.07, 6.45) is 14.6. The van der Waals surface area contributed by atoms with Crippen LogP contribution in [0.15, 0.2) is 24.3 Å². The van der Waals surface area contributed by atoms with Crippen molar-refractivity contribution in [3.05, 3.63) is 24.3 Å². The highest BCUT2D eigenvalue weighted by Crippen LogP contribution is 2.24. The first-order valence-corrected chi connectivity index (χ1v) is 12.2. The Morgan fingerprint density at radius 3 is 2.37 bits per heavy atom. The zero-order chi connectivity index (χ0) is 21.3. The molecule has 0 aliphatic carbocycles. The number of hydrogen-bond donors (Lipinski definition) is 1. The third-order valence-electron chi connectivity index (χ3n) is 5.68. The van der Waals surface area contributed by atoms with E-state index in [1.54, 1.807) is 0 Å². The number of carbonyl (C=O) groups is 1. The first-order valence-electron chi connectivity index (χ1n) is 12.2. The highest BCUT2D eigenvalue weighted by molar-refractivity contribution is 5.86. The Kier molecular flexibility index (Phi) is 13.1. The molecule has 1 aliphatic rings. The van der Waals surface area contributed by atoms with Gasteiger partial charge in [0.15, 0.2) is 0 Å². The van der Waals surface area contributed by atoms with Crippen molar-refractivity contribution in [2.75, 3.05) is 38.2 Å². The number of unbranched alkanes of at least 4 members (excludes halogenated alkanes) is 7. The van der Waals surface area contributed by atoms with Gasteiger partial charge in [-0.2, -0.15) is 0 Å². The maximum atomic E-state index is 12.1. The molecule has 0 bridgehead atoms. The number of amides is 1. The predicted molar refractivity (Wildman–Crippen MR) is 124 cm³/mol. The van der Waals surface area contributed by atoms with Crippen molar-refractivity contribution in [3.8, 4) is 5.75 Å². The molecule has 170 valence electrons. The Bertz CT molecular complexity index is 573. The molecule has 0 saturated carbocycles. The number of rotatable bonds is 15. The lowest BCUT2D eigenvalue weighted by Crippen LogP contribution is -2.31. The molecule has 1 aromatic rings. The van der Waals surface area contributed by atoms with Crippen molar-refractivity contribution >= 4 is 11.8 Å². The fourth-order valence-corrected chi connectivity index (χ4v) is 3.90. The summed E-state index contributed by atoms with van der Waals surface area (Å²) >= 11 is 0. The molecule has 1 saturated heterocycles. The van der Waals surface area contributed by atoms with Crippen LogP contribution in [-0.2, 0) is 4.74 Å². The molecule has 2 rings (SSSR count). The molecule has 30 heavy (non-hydrogen) atoms. The van der Waals surface area contributed by atoms with Gasteiger partial charge in [-0.15, -0.1) is 0 Å². The summed E-state index contributed by atoms with van der Waals surface area (Å²) in [5.74, 6) is 0.714. The number of nitrogens with zero attached hydrogens (tertiary/aromatic N) is 1. The van der Waals surface area contributed by atoms with Gasteiger partial charge in [-0.05, 0) is 50.9 Å². The maximum Gasteiger partial charge on any atom is 0.411 e. The summed E-state index contributed by atoms with van der Waals surface area (Å²) in [7, 11) is 0. The van der Waals surface area contributed by atoms with Crippen LogP contribution < -0.4 is 10.1 Å². The SMILES string of the molecule is CCCCCCCCCCOc1ccccc1NC(=O)OCCCN1CCCCC1. The van der Waals surface area contributed by atoms with Crippen LogP contribution in [0.1, 0.15) is 84.0 Å². The Morgan fingerprint density at radius 2 is 1.60 bits per heavy atom. The van der Waals surface area contributed by atoms with Gasteiger partial charge in [-0.3, -0.25) is 5.32 Å². The molecular weight excluding hydrogens is 376 g/mol. The number of benzene rings is 1. The lowest BCUT2D eigenvalue weighted by molar-refractivity contribution is 0.148. The largest absolute Gasteiger partial charge is 0.491 e. The quantitative estimate of drug-likeness (QED) is 0.325. The van der Waals surface area contributed by atoms with Crippen LogP contribution in [-0.4, -0.2) is 43.8 Å². The molecule has 1 fully saturated rings. The van der Waals surface area contributed by atoms with E-state index in [1.165, 1.54) is 77.3 Å². The molecule has 1 N–H and O–H groups in total. The highest BCUT2D eigenvalue weighted by atomic mass is 16.5. The predicted octanol–water partition coefficient (Wildman–Crippen LogP) is 6.63. The minimum atomic E-state index is -0.406. The third-order valence-corrected chi connectivity index (χ3v) is 5.68. The van der Waals surface area contributed by atoms with Crippen LogP contribution in [0, 0.1) is 0 Å². The van der Waals surface area contributed by atoms with Gasteiger partial charge in [0.25, 0.3) is 0 Å². The average Bonchev–Trinajstić information content (AvgIpc) is 2.77. The number of ether oxygens (including phenoxy) is 2. The first kappa shape index (κ1) is 24.5. The summed E-state index contributed by atoms with van der Waals surface area (Å²) in [6.45, 7) is 6.74. The van der Waals surface area contributed by atoms with Gasteiger partial charge in [-0.25, -0.2) is 4.79 Å². The van der Waals surface area contributed by atoms with Crippen molar-refractivity contribution in [3.63, 3.8) is 0 Å². The monoisotopic (exact) mass is 418 g/mol. The van der Waals surface area contributed by atoms with Crippen LogP contribution in [0.25, 0.3) is 0 Å². The first-order chi connectivity index (χ1) is 14.8. The fourth-order valence-electron chi connectivity index (χ4n) is 3.90. The Morgan fingerprint density at radius 1 is 0.900 bits per heavy atom. The zero-order valence-electron chi connectivity index (χ0n) is 19.0. The van der Waals surface area contributed by atoms with Crippen molar-refractivity contribution in [2.24, 2.45) is 0 Å². The molecule has 5 nitrogen and oxygen atoms in total. The van der Waals surface area contributed by atoms with Gasteiger partial charge in [-0.1, -0.05) is 70.4 Å². The van der Waals surface area contributed by atoms with Crippen LogP contribution >= 0.6 is 0 Å². The van der Waals surface area contributed by atoms with Crippen molar-refractivity contribution < 1.29 is 14.3 Å². The van der Waals surface area contributed by atoms with E-state index in [0.717, 1.165) is 19.4 Å². The van der Waals surface area contributed by atoms with Crippen LogP contribution in [0.5, 0.6) is 5.75 Å². The van der Waals surface area contributed by atoms with E-state index in [9.17, 15) is 4.79 Å². The van der Waals surface area contributed by atoms with Crippen LogP contribution in [0.3, 0.4) is 0 Å². The topological polar surface area (TPSA) is 50.8 Å². The lowest BCUT2D eigenvalue weighted by atomic mass is 10.1. The summed E-state index contributed by atoms with van der Waals surface area (Å²) < 4.78 is 11.3. The normalized spacial score (nSPS) is 14.4. The maximum absolute atomic E-state index is 12.1. The van der Waals surface area contributed by atoms with E-state index in [2.05, 4.69) is 17.1 Å². The number of para-hydroxylation sites is 2. The molecule has 1 aromatic carbocycles. The van der Waals surface area contributed by atoms with Crippen LogP contribution in [0.4, 0.5) is 10.5 Å². The van der Waals surface area contributed by atoms with Crippen LogP contribution in [0.2, 0.25) is 0 Å². The second kappa shape index (κ2) is 16.0. The zero-order valence-corrected chi connectivity index (χ0v) is 19.0. The van der Waals surface area contributed by atoms with E-state index >= 15 is 0 Å². The summed E-state index contributed by atoms with van der Waals surface area (Å²) in [5.41, 5.74) is 0.679. The average molecular weight is 419 g/mol. The Labute approximate surface area is 183 Å². The molecule has 0 spiro atoms. The molecule has 0 unspecified atom stereocenters. The highest BCUT2D eigenvalue weighted by Gasteiger charge is 2.11. The summed E-state index contributed by atoms with van der Waals surface area (Å²) in [4.78, 5) is 14.6. The molecule has 0 radical (unpaired) electrons. The number of carbonyl (C=O) groups excluding carboxylic acids is 1. The van der Waals surface area contributed by atoms with Crippen molar-refractivity contribution in [2.45, 2.75) is 84.0 Å². The van der Waals surface area contributed by atoms with Gasteiger partial charge in [0.05, 0.1) is 18.9 Å². The smallest absolute Gasteiger partial charge is 0.411 e. The second-order valence-electron chi connectivity index (χ2n) is 8.34. The molecule has 1 heterocycles. The molecular formula is C25H42N2O3. The number of piperidine rings is 1. The third kappa shape index (κ3) is 10.9. The standard InChI is InChI=1S/C25H42N2O3/c1-2-3-4-5-6-7-8-14-21-29-24-17-11-10-16-23(24)26-25(28)30-22-15-20-27-18-12-9-13-19-27/h10-11,16-17H,2-9,12-15,18-22H2,1H3,(H,26,28). The number of likely N-dealkylation sites (tertiary alicyclic amines) is 1. The molecule has 5 heteroatoms. The van der Waals surface area contributed by atoms with E-state index in [4.69, 9.17) is 9.47 Å². The van der Waals surface area contributed by atoms with Gasteiger partial charge < -0.3 is 14.4 Å². The van der Waals surface area contributed by atoms with Crippen molar-refractivity contribution in [1.29, 1.82) is 0 Å². The van der Waals surface area contributed by atoms with Gasteiger partial charge in [0, 0.05) is 6.54 Å². The Balaban J connectivity index is 1.57. The van der Waals surface area contributed by atoms with E-state index in [1.807, 2.05) is 24.3 Å². The van der Waals surface area contributed by atoms with E-state index in [-0.39, 0.29) is 0 Å². The molecule has 1 amide bonds. The van der Waals surface area contributed by atoms with Gasteiger partial charge >= 0.3 is 6.09 Å². The number of anilines is 1. The number of nitrogens with one attached hydrogen (secondary N) is 1. The molecule has 1 aliphatic heterocycles. The second-order valence-corrected chi connectivity index (χ2v) is 8.34. The van der Waals surface area contributed by atoms with E-state index < -0.39 is 6.09 Å². The van der Waals surface area contributed by atoms with Gasteiger partial charge in [0.1, 0.15) is 5.75 Å². The Hall–Kier alpha value is -1.75. The fraction of sp³-hybridized carbons (Fsp3) is 0.720. The van der Waals surface area contributed by atoms with Gasteiger partial charge in [0.2, 0.25) is 0 Å². The van der Waals surface area contributed by atoms with Crippen molar-refractivity contribution in [1.82, 2.24) is 4.90 Å². The summed E-state index contributed by atoms with van der Waals surface area (Å²) in [5, 5.41) is 2.83. The van der Waals surface area contributed by atoms with E-state index in [0.29, 0.717) is 24.7 Å². The molecule has 0 atom stereocenters.